The van der Waals surface area contributed by atoms with Gasteiger partial charge in [-0.25, -0.2) is 0 Å². The van der Waals surface area contributed by atoms with E-state index in [2.05, 4.69) is 4.98 Å². The monoisotopic (exact) mass is 369 g/mol. The van der Waals surface area contributed by atoms with Crippen molar-refractivity contribution in [2.24, 2.45) is 0 Å². The number of hydrogen-bond donors (Lipinski definition) is 1. The van der Waals surface area contributed by atoms with Crippen LogP contribution in [0.3, 0.4) is 0 Å². The van der Waals surface area contributed by atoms with Gasteiger partial charge in [0.05, 0.1) is 11.7 Å². The van der Waals surface area contributed by atoms with E-state index in [4.69, 9.17) is 4.74 Å². The molecule has 6 nitrogen and oxygen atoms in total. The van der Waals surface area contributed by atoms with Gasteiger partial charge in [0.15, 0.2) is 0 Å². The van der Waals surface area contributed by atoms with E-state index in [0.717, 1.165) is 17.1 Å². The zero-order valence-corrected chi connectivity index (χ0v) is 16.4. The Morgan fingerprint density at radius 2 is 1.52 bits per heavy atom. The zero-order valence-electron chi connectivity index (χ0n) is 16.4. The summed E-state index contributed by atoms with van der Waals surface area (Å²) in [4.78, 5) is 32.2. The first-order valence-electron chi connectivity index (χ1n) is 9.36. The molecule has 2 amide bonds. The summed E-state index contributed by atoms with van der Waals surface area (Å²) in [5.74, 6) is 0.778. The largest absolute Gasteiger partial charge is 0.491 e. The van der Waals surface area contributed by atoms with Crippen molar-refractivity contribution in [2.75, 3.05) is 26.2 Å². The quantitative estimate of drug-likeness (QED) is 0.901. The molecule has 1 aliphatic heterocycles. The van der Waals surface area contributed by atoms with Gasteiger partial charge in [0.1, 0.15) is 5.75 Å². The smallest absolute Gasteiger partial charge is 0.255 e. The lowest BCUT2D eigenvalue weighted by Crippen LogP contribution is -2.50. The van der Waals surface area contributed by atoms with Crippen LogP contribution in [0.4, 0.5) is 0 Å². The van der Waals surface area contributed by atoms with E-state index in [1.165, 1.54) is 0 Å². The molecule has 0 bridgehead atoms. The Morgan fingerprint density at radius 3 is 2.00 bits per heavy atom. The lowest BCUT2D eigenvalue weighted by Gasteiger charge is -2.34. The van der Waals surface area contributed by atoms with Crippen molar-refractivity contribution >= 4 is 11.8 Å². The minimum absolute atomic E-state index is 0.00753. The van der Waals surface area contributed by atoms with Crippen LogP contribution in [0.5, 0.6) is 5.75 Å². The molecule has 0 radical (unpaired) electrons. The van der Waals surface area contributed by atoms with Crippen LogP contribution in [-0.4, -0.2) is 58.9 Å². The van der Waals surface area contributed by atoms with Crippen LogP contribution in [0.15, 0.2) is 30.3 Å². The van der Waals surface area contributed by atoms with Gasteiger partial charge in [-0.15, -0.1) is 0 Å². The zero-order chi connectivity index (χ0) is 19.6. The van der Waals surface area contributed by atoms with Gasteiger partial charge in [0.25, 0.3) is 11.8 Å². The van der Waals surface area contributed by atoms with Crippen LogP contribution < -0.4 is 4.74 Å². The minimum atomic E-state index is -0.00753. The van der Waals surface area contributed by atoms with E-state index < -0.39 is 0 Å². The second-order valence-electron chi connectivity index (χ2n) is 7.27. The van der Waals surface area contributed by atoms with Crippen LogP contribution >= 0.6 is 0 Å². The first-order valence-corrected chi connectivity index (χ1v) is 9.36. The summed E-state index contributed by atoms with van der Waals surface area (Å²) in [6.07, 6.45) is 0.101. The Morgan fingerprint density at radius 1 is 0.963 bits per heavy atom. The van der Waals surface area contributed by atoms with Crippen LogP contribution in [0.2, 0.25) is 0 Å². The van der Waals surface area contributed by atoms with Gasteiger partial charge in [0, 0.05) is 43.1 Å². The number of hydrogen-bond acceptors (Lipinski definition) is 3. The third-order valence-corrected chi connectivity index (χ3v) is 4.71. The van der Waals surface area contributed by atoms with Crippen molar-refractivity contribution in [1.82, 2.24) is 14.8 Å². The van der Waals surface area contributed by atoms with Crippen molar-refractivity contribution in [3.8, 4) is 5.75 Å². The van der Waals surface area contributed by atoms with Crippen molar-refractivity contribution < 1.29 is 14.3 Å². The second kappa shape index (κ2) is 7.86. The Kier molecular flexibility index (Phi) is 5.54. The Hall–Kier alpha value is -2.76. The number of aromatic amines is 1. The summed E-state index contributed by atoms with van der Waals surface area (Å²) in [6.45, 7) is 9.96. The van der Waals surface area contributed by atoms with E-state index in [9.17, 15) is 9.59 Å². The first-order chi connectivity index (χ1) is 12.8. The number of ether oxygens (including phenoxy) is 1. The molecule has 27 heavy (non-hydrogen) atoms. The number of piperazine rings is 1. The van der Waals surface area contributed by atoms with Crippen molar-refractivity contribution in [1.29, 1.82) is 0 Å². The van der Waals surface area contributed by atoms with E-state index in [-0.39, 0.29) is 17.9 Å². The maximum absolute atomic E-state index is 12.7. The predicted molar refractivity (Wildman–Crippen MR) is 104 cm³/mol. The van der Waals surface area contributed by atoms with Crippen LogP contribution in [0.1, 0.15) is 46.0 Å². The summed E-state index contributed by atoms with van der Waals surface area (Å²) in [5.41, 5.74) is 3.23. The number of benzene rings is 1. The fraction of sp³-hybridized carbons (Fsp3) is 0.429. The van der Waals surface area contributed by atoms with Gasteiger partial charge in [-0.3, -0.25) is 9.59 Å². The number of carbonyl (C=O) groups excluding carboxylic acids is 2. The lowest BCUT2D eigenvalue weighted by atomic mass is 10.1. The Labute approximate surface area is 160 Å². The molecular weight excluding hydrogens is 342 g/mol. The van der Waals surface area contributed by atoms with Gasteiger partial charge in [-0.05, 0) is 58.0 Å². The number of aromatic nitrogens is 1. The van der Waals surface area contributed by atoms with E-state index in [1.807, 2.05) is 50.8 Å². The van der Waals surface area contributed by atoms with Gasteiger partial charge in [-0.1, -0.05) is 0 Å². The highest BCUT2D eigenvalue weighted by Crippen LogP contribution is 2.18. The third-order valence-electron chi connectivity index (χ3n) is 4.71. The summed E-state index contributed by atoms with van der Waals surface area (Å²) in [7, 11) is 0. The fourth-order valence-electron chi connectivity index (χ4n) is 3.36. The summed E-state index contributed by atoms with van der Waals surface area (Å²) < 4.78 is 5.62. The average Bonchev–Trinajstić information content (AvgIpc) is 2.99. The van der Waals surface area contributed by atoms with E-state index >= 15 is 0 Å². The standard InChI is InChI=1S/C21H27N3O3/c1-14(2)27-18-7-5-17(6-8-18)20(25)23-9-11-24(12-10-23)21(26)19-13-15(3)22-16(19)4/h5-8,13-14,22H,9-12H2,1-4H3. The normalized spacial score (nSPS) is 14.6. The lowest BCUT2D eigenvalue weighted by molar-refractivity contribution is 0.0535. The SMILES string of the molecule is Cc1cc(C(=O)N2CCN(C(=O)c3ccc(OC(C)C)cc3)CC2)c(C)[nH]1. The molecule has 0 unspecified atom stereocenters. The molecule has 2 heterocycles. The van der Waals surface area contributed by atoms with Crippen LogP contribution in [0, 0.1) is 13.8 Å². The molecule has 0 saturated carbocycles. The molecule has 3 rings (SSSR count). The molecule has 1 aliphatic rings. The number of aryl methyl sites for hydroxylation is 2. The molecule has 1 aromatic carbocycles. The Balaban J connectivity index is 1.59. The summed E-state index contributed by atoms with van der Waals surface area (Å²) >= 11 is 0. The topological polar surface area (TPSA) is 65.6 Å². The maximum atomic E-state index is 12.7. The number of H-pyrrole nitrogens is 1. The molecule has 6 heteroatoms. The molecule has 2 aromatic rings. The molecule has 1 N–H and O–H groups in total. The van der Waals surface area contributed by atoms with Crippen molar-refractivity contribution in [3.05, 3.63) is 52.8 Å². The van der Waals surface area contributed by atoms with E-state index in [0.29, 0.717) is 37.3 Å². The minimum Gasteiger partial charge on any atom is -0.491 e. The van der Waals surface area contributed by atoms with Gasteiger partial charge in [-0.2, -0.15) is 0 Å². The van der Waals surface area contributed by atoms with Crippen LogP contribution in [0.25, 0.3) is 0 Å². The molecular formula is C21H27N3O3. The number of nitrogens with one attached hydrogen (secondary N) is 1. The van der Waals surface area contributed by atoms with Crippen molar-refractivity contribution in [2.45, 2.75) is 33.8 Å². The highest BCUT2D eigenvalue weighted by Gasteiger charge is 2.26. The van der Waals surface area contributed by atoms with Gasteiger partial charge < -0.3 is 19.5 Å². The molecule has 1 saturated heterocycles. The first kappa shape index (κ1) is 19.0. The van der Waals surface area contributed by atoms with Gasteiger partial charge in [0.2, 0.25) is 0 Å². The highest BCUT2D eigenvalue weighted by molar-refractivity contribution is 5.96. The number of carbonyl (C=O) groups is 2. The fourth-order valence-corrected chi connectivity index (χ4v) is 3.36. The number of rotatable bonds is 4. The second-order valence-corrected chi connectivity index (χ2v) is 7.27. The van der Waals surface area contributed by atoms with Crippen LogP contribution in [-0.2, 0) is 0 Å². The Bertz CT molecular complexity index is 816. The summed E-state index contributed by atoms with van der Waals surface area (Å²) in [6, 6.07) is 9.12. The molecule has 1 fully saturated rings. The number of amides is 2. The molecule has 0 aliphatic carbocycles. The molecule has 144 valence electrons. The molecule has 1 aromatic heterocycles. The maximum Gasteiger partial charge on any atom is 0.255 e. The van der Waals surface area contributed by atoms with E-state index in [1.54, 1.807) is 17.0 Å². The molecule has 0 atom stereocenters. The van der Waals surface area contributed by atoms with Gasteiger partial charge >= 0.3 is 0 Å². The average molecular weight is 369 g/mol. The predicted octanol–water partition coefficient (Wildman–Crippen LogP) is 3.02. The summed E-state index contributed by atoms with van der Waals surface area (Å²) in [5, 5.41) is 0. The third kappa shape index (κ3) is 4.32. The highest BCUT2D eigenvalue weighted by atomic mass is 16.5. The van der Waals surface area contributed by atoms with Crippen molar-refractivity contribution in [3.63, 3.8) is 0 Å². The molecule has 0 spiro atoms. The number of nitrogens with zero attached hydrogens (tertiary/aromatic N) is 2.